The summed E-state index contributed by atoms with van der Waals surface area (Å²) in [6, 6.07) is 10.9. The zero-order valence-corrected chi connectivity index (χ0v) is 11.9. The number of hydrogen-bond donors (Lipinski definition) is 3. The molecular formula is C17H18N2O2. The van der Waals surface area contributed by atoms with Crippen molar-refractivity contribution in [2.45, 2.75) is 19.8 Å². The van der Waals surface area contributed by atoms with Gasteiger partial charge in [0.2, 0.25) is 0 Å². The van der Waals surface area contributed by atoms with Crippen molar-refractivity contribution >= 4 is 17.3 Å². The molecule has 1 heterocycles. The molecule has 1 amide bonds. The van der Waals surface area contributed by atoms with E-state index < -0.39 is 0 Å². The van der Waals surface area contributed by atoms with E-state index in [1.165, 1.54) is 5.56 Å². The van der Waals surface area contributed by atoms with Crippen molar-refractivity contribution in [2.75, 3.05) is 17.2 Å². The molecule has 4 nitrogen and oxygen atoms in total. The number of aromatic hydroxyl groups is 1. The molecule has 0 saturated heterocycles. The molecule has 0 aliphatic carbocycles. The topological polar surface area (TPSA) is 61.4 Å². The van der Waals surface area contributed by atoms with Gasteiger partial charge in [-0.05, 0) is 49.6 Å². The molecule has 0 bridgehead atoms. The minimum absolute atomic E-state index is 0.134. The van der Waals surface area contributed by atoms with Gasteiger partial charge in [0, 0.05) is 29.0 Å². The summed E-state index contributed by atoms with van der Waals surface area (Å²) in [6.45, 7) is 2.70. The zero-order chi connectivity index (χ0) is 14.8. The largest absolute Gasteiger partial charge is 0.508 e. The second-order valence-corrected chi connectivity index (χ2v) is 5.31. The van der Waals surface area contributed by atoms with Gasteiger partial charge in [0.05, 0.1) is 0 Å². The molecule has 4 heteroatoms. The van der Waals surface area contributed by atoms with Crippen LogP contribution in [0.4, 0.5) is 11.4 Å². The Labute approximate surface area is 123 Å². The highest BCUT2D eigenvalue weighted by atomic mass is 16.3. The minimum Gasteiger partial charge on any atom is -0.508 e. The van der Waals surface area contributed by atoms with Crippen LogP contribution in [0.3, 0.4) is 0 Å². The van der Waals surface area contributed by atoms with Gasteiger partial charge in [-0.15, -0.1) is 0 Å². The summed E-state index contributed by atoms with van der Waals surface area (Å²) in [5.41, 5.74) is 4.21. The van der Waals surface area contributed by atoms with Crippen molar-refractivity contribution < 1.29 is 9.90 Å². The Hall–Kier alpha value is -2.49. The Balaban J connectivity index is 1.83. The third kappa shape index (κ3) is 2.70. The van der Waals surface area contributed by atoms with Gasteiger partial charge >= 0.3 is 0 Å². The fraction of sp³-hybridized carbons (Fsp3) is 0.235. The number of rotatable bonds is 2. The fourth-order valence-electron chi connectivity index (χ4n) is 2.61. The number of carbonyl (C=O) groups is 1. The standard InChI is InChI=1S/C17H18N2O2/c1-11-14(5-2-6-16(11)20)17(21)19-13-8-7-12-4-3-9-18-15(12)10-13/h2,5-8,10,18,20H,3-4,9H2,1H3,(H,19,21). The summed E-state index contributed by atoms with van der Waals surface area (Å²) in [4.78, 5) is 12.3. The van der Waals surface area contributed by atoms with Crippen LogP contribution in [-0.2, 0) is 6.42 Å². The molecule has 2 aromatic carbocycles. The Morgan fingerprint density at radius 1 is 1.29 bits per heavy atom. The van der Waals surface area contributed by atoms with Crippen LogP contribution in [0, 0.1) is 6.92 Å². The lowest BCUT2D eigenvalue weighted by Crippen LogP contribution is -2.15. The smallest absolute Gasteiger partial charge is 0.256 e. The molecule has 3 rings (SSSR count). The maximum Gasteiger partial charge on any atom is 0.256 e. The van der Waals surface area contributed by atoms with Gasteiger partial charge < -0.3 is 15.7 Å². The lowest BCUT2D eigenvalue weighted by molar-refractivity contribution is 0.102. The summed E-state index contributed by atoms with van der Waals surface area (Å²) >= 11 is 0. The first-order valence-electron chi connectivity index (χ1n) is 7.12. The van der Waals surface area contributed by atoms with E-state index in [1.54, 1.807) is 25.1 Å². The first-order valence-corrected chi connectivity index (χ1v) is 7.12. The van der Waals surface area contributed by atoms with Gasteiger partial charge in [-0.3, -0.25) is 4.79 Å². The van der Waals surface area contributed by atoms with E-state index in [2.05, 4.69) is 10.6 Å². The normalized spacial score (nSPS) is 13.2. The highest BCUT2D eigenvalue weighted by molar-refractivity contribution is 6.05. The van der Waals surface area contributed by atoms with E-state index in [1.807, 2.05) is 18.2 Å². The van der Waals surface area contributed by atoms with Crippen molar-refractivity contribution in [3.63, 3.8) is 0 Å². The number of phenolic OH excluding ortho intramolecular Hbond substituents is 1. The van der Waals surface area contributed by atoms with E-state index >= 15 is 0 Å². The van der Waals surface area contributed by atoms with E-state index in [9.17, 15) is 9.90 Å². The van der Waals surface area contributed by atoms with E-state index in [-0.39, 0.29) is 11.7 Å². The lowest BCUT2D eigenvalue weighted by atomic mass is 10.0. The maximum atomic E-state index is 12.3. The molecule has 0 fully saturated rings. The van der Waals surface area contributed by atoms with Crippen LogP contribution in [0.1, 0.15) is 27.9 Å². The molecule has 1 aliphatic heterocycles. The predicted octanol–water partition coefficient (Wildman–Crippen LogP) is 3.31. The number of hydrogen-bond acceptors (Lipinski definition) is 3. The fourth-order valence-corrected chi connectivity index (χ4v) is 2.61. The third-order valence-corrected chi connectivity index (χ3v) is 3.86. The highest BCUT2D eigenvalue weighted by Gasteiger charge is 2.13. The van der Waals surface area contributed by atoms with Crippen LogP contribution >= 0.6 is 0 Å². The Morgan fingerprint density at radius 2 is 2.14 bits per heavy atom. The lowest BCUT2D eigenvalue weighted by Gasteiger charge is -2.19. The van der Waals surface area contributed by atoms with Gasteiger partial charge in [0.25, 0.3) is 5.91 Å². The van der Waals surface area contributed by atoms with Crippen LogP contribution in [0.25, 0.3) is 0 Å². The van der Waals surface area contributed by atoms with Crippen molar-refractivity contribution in [3.8, 4) is 5.75 Å². The van der Waals surface area contributed by atoms with Crippen LogP contribution in [0.5, 0.6) is 5.75 Å². The minimum atomic E-state index is -0.209. The number of nitrogens with one attached hydrogen (secondary N) is 2. The average Bonchev–Trinajstić information content (AvgIpc) is 2.50. The predicted molar refractivity (Wildman–Crippen MR) is 84.0 cm³/mol. The molecule has 2 aromatic rings. The van der Waals surface area contributed by atoms with Crippen LogP contribution < -0.4 is 10.6 Å². The molecule has 3 N–H and O–H groups in total. The average molecular weight is 282 g/mol. The number of carbonyl (C=O) groups excluding carboxylic acids is 1. The molecule has 21 heavy (non-hydrogen) atoms. The van der Waals surface area contributed by atoms with Crippen molar-refractivity contribution in [3.05, 3.63) is 53.1 Å². The van der Waals surface area contributed by atoms with Gasteiger partial charge in [0.15, 0.2) is 0 Å². The number of fused-ring (bicyclic) bond motifs is 1. The zero-order valence-electron chi connectivity index (χ0n) is 11.9. The molecular weight excluding hydrogens is 264 g/mol. The summed E-state index contributed by atoms with van der Waals surface area (Å²) in [6.07, 6.45) is 2.21. The molecule has 0 atom stereocenters. The van der Waals surface area contributed by atoms with E-state index in [0.717, 1.165) is 30.8 Å². The van der Waals surface area contributed by atoms with Gasteiger partial charge in [-0.2, -0.15) is 0 Å². The molecule has 0 saturated carbocycles. The number of anilines is 2. The van der Waals surface area contributed by atoms with Crippen molar-refractivity contribution in [1.29, 1.82) is 0 Å². The van der Waals surface area contributed by atoms with Crippen LogP contribution in [0.15, 0.2) is 36.4 Å². The number of benzene rings is 2. The second kappa shape index (κ2) is 5.48. The molecule has 0 aromatic heterocycles. The molecule has 0 unspecified atom stereocenters. The van der Waals surface area contributed by atoms with E-state index in [4.69, 9.17) is 0 Å². The first kappa shape index (κ1) is 13.5. The van der Waals surface area contributed by atoms with Crippen LogP contribution in [-0.4, -0.2) is 17.6 Å². The Morgan fingerprint density at radius 3 is 3.00 bits per heavy atom. The van der Waals surface area contributed by atoms with Crippen molar-refractivity contribution in [2.24, 2.45) is 0 Å². The summed E-state index contributed by atoms with van der Waals surface area (Å²) < 4.78 is 0. The SMILES string of the molecule is Cc1c(O)cccc1C(=O)Nc1ccc2c(c1)NCCC2. The van der Waals surface area contributed by atoms with Gasteiger partial charge in [-0.1, -0.05) is 12.1 Å². The summed E-state index contributed by atoms with van der Waals surface area (Å²) in [5, 5.41) is 15.9. The first-order chi connectivity index (χ1) is 10.1. The van der Waals surface area contributed by atoms with Gasteiger partial charge in [0.1, 0.15) is 5.75 Å². The second-order valence-electron chi connectivity index (χ2n) is 5.31. The number of aryl methyl sites for hydroxylation is 1. The molecule has 0 radical (unpaired) electrons. The quantitative estimate of drug-likeness (QED) is 0.792. The number of amides is 1. The highest BCUT2D eigenvalue weighted by Crippen LogP contribution is 2.26. The van der Waals surface area contributed by atoms with Crippen LogP contribution in [0.2, 0.25) is 0 Å². The van der Waals surface area contributed by atoms with Crippen molar-refractivity contribution in [1.82, 2.24) is 0 Å². The van der Waals surface area contributed by atoms with Gasteiger partial charge in [-0.25, -0.2) is 0 Å². The van der Waals surface area contributed by atoms with E-state index in [0.29, 0.717) is 11.1 Å². The molecule has 0 spiro atoms. The molecule has 108 valence electrons. The Bertz CT molecular complexity index is 695. The maximum absolute atomic E-state index is 12.3. The monoisotopic (exact) mass is 282 g/mol. The number of phenols is 1. The Kier molecular flexibility index (Phi) is 3.52. The summed E-state index contributed by atoms with van der Waals surface area (Å²) in [5.74, 6) is -0.0751. The third-order valence-electron chi connectivity index (χ3n) is 3.86. The molecule has 1 aliphatic rings. The summed E-state index contributed by atoms with van der Waals surface area (Å²) in [7, 11) is 0.